The number of nitrogen functional groups attached to an aromatic ring is 1. The highest BCUT2D eigenvalue weighted by Crippen LogP contribution is 2.30. The predicted octanol–water partition coefficient (Wildman–Crippen LogP) is 2.13. The third-order valence-corrected chi connectivity index (χ3v) is 2.32. The van der Waals surface area contributed by atoms with Crippen molar-refractivity contribution in [3.8, 4) is 5.75 Å². The Kier molecular flexibility index (Phi) is 2.00. The number of ether oxygens (including phenoxy) is 1. The number of nitrogens with two attached hydrogens (primary N) is 1. The summed E-state index contributed by atoms with van der Waals surface area (Å²) in [6.07, 6.45) is 1.73. The number of anilines is 1. The summed E-state index contributed by atoms with van der Waals surface area (Å²) in [5.41, 5.74) is 8.45. The maximum atomic E-state index is 5.92. The van der Waals surface area contributed by atoms with E-state index in [4.69, 9.17) is 10.5 Å². The highest BCUT2D eigenvalue weighted by molar-refractivity contribution is 5.95. The van der Waals surface area contributed by atoms with Gasteiger partial charge in [-0.2, -0.15) is 0 Å². The van der Waals surface area contributed by atoms with Crippen molar-refractivity contribution in [1.29, 1.82) is 0 Å². The van der Waals surface area contributed by atoms with Gasteiger partial charge in [-0.05, 0) is 30.7 Å². The summed E-state index contributed by atoms with van der Waals surface area (Å²) >= 11 is 0. The van der Waals surface area contributed by atoms with Crippen LogP contribution in [0.5, 0.6) is 5.75 Å². The summed E-state index contributed by atoms with van der Waals surface area (Å²) in [6, 6.07) is 5.76. The van der Waals surface area contributed by atoms with Crippen molar-refractivity contribution in [3.05, 3.63) is 30.0 Å². The summed E-state index contributed by atoms with van der Waals surface area (Å²) in [7, 11) is 1.65. The lowest BCUT2D eigenvalue weighted by Gasteiger charge is -2.09. The summed E-state index contributed by atoms with van der Waals surface area (Å²) in [5.74, 6) is 0.819. The quantitative estimate of drug-likeness (QED) is 0.697. The molecule has 0 aliphatic heterocycles. The molecular formula is C11H12N2O. The number of aromatic nitrogens is 1. The van der Waals surface area contributed by atoms with Crippen molar-refractivity contribution in [2.24, 2.45) is 0 Å². The molecule has 72 valence electrons. The fourth-order valence-corrected chi connectivity index (χ4v) is 1.53. The van der Waals surface area contributed by atoms with Gasteiger partial charge in [0.2, 0.25) is 0 Å². The van der Waals surface area contributed by atoms with Crippen LogP contribution in [-0.2, 0) is 0 Å². The molecule has 0 radical (unpaired) electrons. The first kappa shape index (κ1) is 8.81. The second kappa shape index (κ2) is 3.18. The molecule has 1 heterocycles. The second-order valence-electron chi connectivity index (χ2n) is 3.21. The Morgan fingerprint density at radius 2 is 2.21 bits per heavy atom. The minimum absolute atomic E-state index is 0.724. The maximum Gasteiger partial charge on any atom is 0.128 e. The van der Waals surface area contributed by atoms with Crippen molar-refractivity contribution >= 4 is 16.6 Å². The van der Waals surface area contributed by atoms with E-state index in [-0.39, 0.29) is 0 Å². The second-order valence-corrected chi connectivity index (χ2v) is 3.21. The van der Waals surface area contributed by atoms with E-state index in [0.717, 1.165) is 27.9 Å². The lowest BCUT2D eigenvalue weighted by molar-refractivity contribution is 0.419. The Hall–Kier alpha value is -1.77. The first-order chi connectivity index (χ1) is 6.74. The van der Waals surface area contributed by atoms with E-state index in [1.165, 1.54) is 0 Å². The maximum absolute atomic E-state index is 5.92. The van der Waals surface area contributed by atoms with Crippen LogP contribution in [0.15, 0.2) is 24.4 Å². The molecule has 0 atom stereocenters. The van der Waals surface area contributed by atoms with Gasteiger partial charge >= 0.3 is 0 Å². The van der Waals surface area contributed by atoms with Crippen LogP contribution in [0.3, 0.4) is 0 Å². The summed E-state index contributed by atoms with van der Waals surface area (Å²) in [4.78, 5) is 4.25. The lowest BCUT2D eigenvalue weighted by atomic mass is 10.1. The number of hydrogen-bond donors (Lipinski definition) is 1. The number of rotatable bonds is 1. The number of nitrogens with zero attached hydrogens (tertiary/aromatic N) is 1. The monoisotopic (exact) mass is 188 g/mol. The van der Waals surface area contributed by atoms with E-state index in [0.29, 0.717) is 0 Å². The SMILES string of the molecule is COc1cc(C)c(N)c2ncccc12. The third-order valence-electron chi connectivity index (χ3n) is 2.32. The van der Waals surface area contributed by atoms with Crippen molar-refractivity contribution in [3.63, 3.8) is 0 Å². The highest BCUT2D eigenvalue weighted by atomic mass is 16.5. The molecule has 0 unspecified atom stereocenters. The molecule has 0 aliphatic carbocycles. The summed E-state index contributed by atoms with van der Waals surface area (Å²) < 4.78 is 5.27. The van der Waals surface area contributed by atoms with E-state index in [2.05, 4.69) is 4.98 Å². The fourth-order valence-electron chi connectivity index (χ4n) is 1.53. The topological polar surface area (TPSA) is 48.1 Å². The standard InChI is InChI=1S/C11H12N2O/c1-7-6-9(14-2)8-4-3-5-13-11(8)10(7)12/h3-6H,12H2,1-2H3. The molecule has 0 saturated heterocycles. The van der Waals surface area contributed by atoms with Crippen LogP contribution in [0, 0.1) is 6.92 Å². The van der Waals surface area contributed by atoms with E-state index < -0.39 is 0 Å². The average molecular weight is 188 g/mol. The number of hydrogen-bond acceptors (Lipinski definition) is 3. The van der Waals surface area contributed by atoms with Crippen LogP contribution in [0.25, 0.3) is 10.9 Å². The summed E-state index contributed by atoms with van der Waals surface area (Å²) in [6.45, 7) is 1.95. The lowest BCUT2D eigenvalue weighted by Crippen LogP contribution is -1.95. The molecule has 0 saturated carbocycles. The molecule has 0 aliphatic rings. The minimum Gasteiger partial charge on any atom is -0.496 e. The smallest absolute Gasteiger partial charge is 0.128 e. The zero-order valence-electron chi connectivity index (χ0n) is 8.24. The fraction of sp³-hybridized carbons (Fsp3) is 0.182. The highest BCUT2D eigenvalue weighted by Gasteiger charge is 2.07. The predicted molar refractivity (Wildman–Crippen MR) is 57.4 cm³/mol. The zero-order chi connectivity index (χ0) is 10.1. The van der Waals surface area contributed by atoms with Crippen LogP contribution in [0.4, 0.5) is 5.69 Å². The van der Waals surface area contributed by atoms with Gasteiger partial charge in [0.25, 0.3) is 0 Å². The Morgan fingerprint density at radius 1 is 1.43 bits per heavy atom. The largest absolute Gasteiger partial charge is 0.496 e. The van der Waals surface area contributed by atoms with Gasteiger partial charge in [0.15, 0.2) is 0 Å². The Balaban J connectivity index is 2.89. The van der Waals surface area contributed by atoms with Gasteiger partial charge in [-0.3, -0.25) is 4.98 Å². The molecule has 2 aromatic rings. The Bertz CT molecular complexity index is 480. The normalized spacial score (nSPS) is 10.4. The van der Waals surface area contributed by atoms with Gasteiger partial charge in [-0.25, -0.2) is 0 Å². The molecule has 1 aromatic heterocycles. The van der Waals surface area contributed by atoms with Gasteiger partial charge in [-0.15, -0.1) is 0 Å². The van der Waals surface area contributed by atoms with Gasteiger partial charge in [0.1, 0.15) is 5.75 Å². The van der Waals surface area contributed by atoms with Gasteiger partial charge in [-0.1, -0.05) is 0 Å². The Morgan fingerprint density at radius 3 is 2.93 bits per heavy atom. The number of aryl methyl sites for hydroxylation is 1. The Labute approximate surface area is 82.5 Å². The summed E-state index contributed by atoms with van der Waals surface area (Å²) in [5, 5.41) is 0.957. The number of methoxy groups -OCH3 is 1. The van der Waals surface area contributed by atoms with Crippen molar-refractivity contribution in [1.82, 2.24) is 4.98 Å². The van der Waals surface area contributed by atoms with Crippen LogP contribution >= 0.6 is 0 Å². The van der Waals surface area contributed by atoms with Gasteiger partial charge in [0.05, 0.1) is 18.3 Å². The molecule has 0 bridgehead atoms. The van der Waals surface area contributed by atoms with Crippen LogP contribution in [0.1, 0.15) is 5.56 Å². The van der Waals surface area contributed by atoms with E-state index in [1.54, 1.807) is 13.3 Å². The van der Waals surface area contributed by atoms with Crippen molar-refractivity contribution in [2.45, 2.75) is 6.92 Å². The van der Waals surface area contributed by atoms with Gasteiger partial charge in [0, 0.05) is 11.6 Å². The number of pyridine rings is 1. The van der Waals surface area contributed by atoms with E-state index in [9.17, 15) is 0 Å². The average Bonchev–Trinajstić information content (AvgIpc) is 2.23. The third kappa shape index (κ3) is 1.18. The molecule has 3 nitrogen and oxygen atoms in total. The van der Waals surface area contributed by atoms with E-state index >= 15 is 0 Å². The minimum atomic E-state index is 0.724. The molecule has 2 rings (SSSR count). The zero-order valence-corrected chi connectivity index (χ0v) is 8.24. The van der Waals surface area contributed by atoms with Crippen LogP contribution in [-0.4, -0.2) is 12.1 Å². The first-order valence-corrected chi connectivity index (χ1v) is 4.42. The van der Waals surface area contributed by atoms with Crippen molar-refractivity contribution in [2.75, 3.05) is 12.8 Å². The molecule has 0 fully saturated rings. The molecule has 14 heavy (non-hydrogen) atoms. The van der Waals surface area contributed by atoms with Crippen LogP contribution in [0.2, 0.25) is 0 Å². The van der Waals surface area contributed by atoms with Crippen LogP contribution < -0.4 is 10.5 Å². The number of benzene rings is 1. The van der Waals surface area contributed by atoms with E-state index in [1.807, 2.05) is 25.1 Å². The number of fused-ring (bicyclic) bond motifs is 1. The molecule has 0 amide bonds. The molecule has 1 aromatic carbocycles. The molecule has 0 spiro atoms. The van der Waals surface area contributed by atoms with Crippen molar-refractivity contribution < 1.29 is 4.74 Å². The molecule has 3 heteroatoms. The molecule has 2 N–H and O–H groups in total. The molecular weight excluding hydrogens is 176 g/mol. The van der Waals surface area contributed by atoms with Gasteiger partial charge < -0.3 is 10.5 Å². The first-order valence-electron chi connectivity index (χ1n) is 4.42.